The van der Waals surface area contributed by atoms with Crippen molar-refractivity contribution in [2.24, 2.45) is 0 Å². The first-order valence-electron chi connectivity index (χ1n) is 9.92. The zero-order valence-corrected chi connectivity index (χ0v) is 17.3. The lowest BCUT2D eigenvalue weighted by Gasteiger charge is -2.11. The van der Waals surface area contributed by atoms with E-state index in [0.29, 0.717) is 49.1 Å². The summed E-state index contributed by atoms with van der Waals surface area (Å²) < 4.78 is 27.4. The summed E-state index contributed by atoms with van der Waals surface area (Å²) in [7, 11) is 0. The van der Waals surface area contributed by atoms with Crippen molar-refractivity contribution in [2.75, 3.05) is 26.4 Å². The summed E-state index contributed by atoms with van der Waals surface area (Å²) in [4.78, 5) is 22.8. The SMILES string of the molecule is Cc1cc(OCCOCCOc2cc(C)c3ccc(=O)oc3c2)cc2oc(=O)ccc12. The molecule has 0 fully saturated rings. The van der Waals surface area contributed by atoms with Gasteiger partial charge in [-0.25, -0.2) is 9.59 Å². The predicted molar refractivity (Wildman–Crippen MR) is 116 cm³/mol. The molecule has 0 radical (unpaired) electrons. The maximum atomic E-state index is 11.4. The standard InChI is InChI=1S/C24H22O7/c1-15-11-17(13-21-19(15)3-5-23(25)30-21)28-9-7-27-8-10-29-18-12-16(2)20-4-6-24(26)31-22(20)14-18/h3-6,11-14H,7-10H2,1-2H3. The fourth-order valence-corrected chi connectivity index (χ4v) is 3.36. The second-order valence-electron chi connectivity index (χ2n) is 7.12. The van der Waals surface area contributed by atoms with E-state index in [-0.39, 0.29) is 0 Å². The predicted octanol–water partition coefficient (Wildman–Crippen LogP) is 3.99. The van der Waals surface area contributed by atoms with E-state index in [0.717, 1.165) is 21.9 Å². The van der Waals surface area contributed by atoms with Gasteiger partial charge >= 0.3 is 11.3 Å². The van der Waals surface area contributed by atoms with Gasteiger partial charge in [-0.2, -0.15) is 0 Å². The summed E-state index contributed by atoms with van der Waals surface area (Å²) in [6.07, 6.45) is 0. The van der Waals surface area contributed by atoms with Gasteiger partial charge in [0.15, 0.2) is 0 Å². The summed E-state index contributed by atoms with van der Waals surface area (Å²) >= 11 is 0. The maximum absolute atomic E-state index is 11.4. The van der Waals surface area contributed by atoms with Gasteiger partial charge < -0.3 is 23.0 Å². The summed E-state index contributed by atoms with van der Waals surface area (Å²) in [5, 5.41) is 1.76. The number of aryl methyl sites for hydroxylation is 2. The number of hydrogen-bond donors (Lipinski definition) is 0. The molecule has 0 aliphatic rings. The van der Waals surface area contributed by atoms with Crippen molar-refractivity contribution in [1.82, 2.24) is 0 Å². The normalized spacial score (nSPS) is 11.2. The van der Waals surface area contributed by atoms with Crippen LogP contribution in [0.25, 0.3) is 21.9 Å². The molecule has 0 aliphatic heterocycles. The highest BCUT2D eigenvalue weighted by Crippen LogP contribution is 2.25. The lowest BCUT2D eigenvalue weighted by molar-refractivity contribution is 0.0764. The summed E-state index contributed by atoms with van der Waals surface area (Å²) in [5.41, 5.74) is 2.14. The molecule has 160 valence electrons. The van der Waals surface area contributed by atoms with Crippen LogP contribution >= 0.6 is 0 Å². The number of benzene rings is 2. The molecule has 2 heterocycles. The van der Waals surface area contributed by atoms with Gasteiger partial charge in [-0.05, 0) is 49.2 Å². The molecule has 7 heteroatoms. The van der Waals surface area contributed by atoms with Gasteiger partial charge in [-0.1, -0.05) is 0 Å². The molecular formula is C24H22O7. The smallest absolute Gasteiger partial charge is 0.336 e. The molecule has 7 nitrogen and oxygen atoms in total. The first-order chi connectivity index (χ1) is 15.0. The molecule has 0 N–H and O–H groups in total. The Labute approximate surface area is 177 Å². The minimum absolute atomic E-state index is 0.349. The zero-order valence-electron chi connectivity index (χ0n) is 17.3. The molecule has 4 aromatic rings. The van der Waals surface area contributed by atoms with Gasteiger partial charge in [-0.3, -0.25) is 0 Å². The van der Waals surface area contributed by atoms with Crippen LogP contribution < -0.4 is 20.7 Å². The van der Waals surface area contributed by atoms with E-state index in [2.05, 4.69) is 0 Å². The van der Waals surface area contributed by atoms with Crippen molar-refractivity contribution in [3.05, 3.63) is 80.5 Å². The highest BCUT2D eigenvalue weighted by atomic mass is 16.5. The third kappa shape index (κ3) is 4.95. The Morgan fingerprint density at radius 1 is 0.645 bits per heavy atom. The van der Waals surface area contributed by atoms with E-state index in [1.54, 1.807) is 24.3 Å². The lowest BCUT2D eigenvalue weighted by Crippen LogP contribution is -2.12. The monoisotopic (exact) mass is 422 g/mol. The quantitative estimate of drug-likeness (QED) is 0.313. The Morgan fingerprint density at radius 2 is 1.10 bits per heavy atom. The van der Waals surface area contributed by atoms with Crippen LogP contribution in [0.2, 0.25) is 0 Å². The molecule has 0 atom stereocenters. The van der Waals surface area contributed by atoms with E-state index in [4.69, 9.17) is 23.0 Å². The summed E-state index contributed by atoms with van der Waals surface area (Å²) in [6.45, 7) is 5.32. The van der Waals surface area contributed by atoms with E-state index < -0.39 is 11.3 Å². The highest BCUT2D eigenvalue weighted by molar-refractivity contribution is 5.82. The first kappa shape index (κ1) is 20.7. The fraction of sp³-hybridized carbons (Fsp3) is 0.250. The number of hydrogen-bond acceptors (Lipinski definition) is 7. The molecule has 0 saturated heterocycles. The van der Waals surface area contributed by atoms with Crippen LogP contribution in [0.1, 0.15) is 11.1 Å². The van der Waals surface area contributed by atoms with E-state index in [9.17, 15) is 9.59 Å². The van der Waals surface area contributed by atoms with Crippen LogP contribution in [0.4, 0.5) is 0 Å². The minimum Gasteiger partial charge on any atom is -0.491 e. The molecule has 4 rings (SSSR count). The Hall–Kier alpha value is -3.58. The Bertz CT molecular complexity index is 1230. The van der Waals surface area contributed by atoms with Gasteiger partial charge in [-0.15, -0.1) is 0 Å². The fourth-order valence-electron chi connectivity index (χ4n) is 3.36. The summed E-state index contributed by atoms with van der Waals surface area (Å²) in [5.74, 6) is 1.24. The third-order valence-electron chi connectivity index (χ3n) is 4.83. The van der Waals surface area contributed by atoms with Gasteiger partial charge in [0, 0.05) is 35.0 Å². The molecule has 0 spiro atoms. The van der Waals surface area contributed by atoms with Crippen LogP contribution in [-0.2, 0) is 4.74 Å². The minimum atomic E-state index is -0.392. The highest BCUT2D eigenvalue weighted by Gasteiger charge is 2.06. The van der Waals surface area contributed by atoms with Gasteiger partial charge in [0.2, 0.25) is 0 Å². The van der Waals surface area contributed by atoms with Gasteiger partial charge in [0.1, 0.15) is 35.9 Å². The molecule has 31 heavy (non-hydrogen) atoms. The Balaban J connectivity index is 1.24. The van der Waals surface area contributed by atoms with Gasteiger partial charge in [0.25, 0.3) is 0 Å². The summed E-state index contributed by atoms with van der Waals surface area (Å²) in [6, 6.07) is 13.5. The van der Waals surface area contributed by atoms with Crippen LogP contribution in [0.15, 0.2) is 67.0 Å². The van der Waals surface area contributed by atoms with Crippen LogP contribution in [0.5, 0.6) is 11.5 Å². The number of ether oxygens (including phenoxy) is 3. The third-order valence-corrected chi connectivity index (χ3v) is 4.83. The van der Waals surface area contributed by atoms with Crippen molar-refractivity contribution >= 4 is 21.9 Å². The van der Waals surface area contributed by atoms with Crippen molar-refractivity contribution < 1.29 is 23.0 Å². The molecular weight excluding hydrogens is 400 g/mol. The molecule has 0 unspecified atom stereocenters. The first-order valence-corrected chi connectivity index (χ1v) is 9.92. The Kier molecular flexibility index (Phi) is 6.04. The van der Waals surface area contributed by atoms with E-state index in [1.165, 1.54) is 12.1 Å². The molecule has 2 aromatic heterocycles. The molecule has 0 bridgehead atoms. The second kappa shape index (κ2) is 9.06. The topological polar surface area (TPSA) is 88.1 Å². The molecule has 0 amide bonds. The average molecular weight is 422 g/mol. The van der Waals surface area contributed by atoms with Gasteiger partial charge in [0.05, 0.1) is 13.2 Å². The zero-order chi connectivity index (χ0) is 21.8. The molecule has 2 aromatic carbocycles. The lowest BCUT2D eigenvalue weighted by atomic mass is 10.1. The van der Waals surface area contributed by atoms with Crippen molar-refractivity contribution in [1.29, 1.82) is 0 Å². The van der Waals surface area contributed by atoms with Crippen molar-refractivity contribution in [3.8, 4) is 11.5 Å². The van der Waals surface area contributed by atoms with Crippen LogP contribution in [-0.4, -0.2) is 26.4 Å². The van der Waals surface area contributed by atoms with E-state index in [1.807, 2.05) is 26.0 Å². The van der Waals surface area contributed by atoms with E-state index >= 15 is 0 Å². The average Bonchev–Trinajstić information content (AvgIpc) is 2.72. The Morgan fingerprint density at radius 3 is 1.55 bits per heavy atom. The largest absolute Gasteiger partial charge is 0.491 e. The number of fused-ring (bicyclic) bond motifs is 2. The van der Waals surface area contributed by atoms with Crippen LogP contribution in [0.3, 0.4) is 0 Å². The maximum Gasteiger partial charge on any atom is 0.336 e. The number of rotatable bonds is 8. The molecule has 0 aliphatic carbocycles. The second-order valence-corrected chi connectivity index (χ2v) is 7.12. The van der Waals surface area contributed by atoms with Crippen LogP contribution in [0, 0.1) is 13.8 Å². The van der Waals surface area contributed by atoms with Crippen molar-refractivity contribution in [2.45, 2.75) is 13.8 Å². The molecule has 0 saturated carbocycles. The van der Waals surface area contributed by atoms with Crippen molar-refractivity contribution in [3.63, 3.8) is 0 Å².